The Hall–Kier alpha value is -0.820. The molecule has 1 aliphatic rings. The van der Waals surface area contributed by atoms with E-state index in [1.807, 2.05) is 0 Å². The molecule has 0 saturated carbocycles. The quantitative estimate of drug-likeness (QED) is 0.716. The van der Waals surface area contributed by atoms with E-state index in [9.17, 15) is 0 Å². The minimum absolute atomic E-state index is 0.554. The minimum Gasteiger partial charge on any atom is -0.309 e. The van der Waals surface area contributed by atoms with Crippen LogP contribution in [0.2, 0.25) is 0 Å². The normalized spacial score (nSPS) is 21.0. The zero-order valence-electron chi connectivity index (χ0n) is 9.30. The molecule has 1 heterocycles. The van der Waals surface area contributed by atoms with Gasteiger partial charge in [-0.3, -0.25) is 0 Å². The highest BCUT2D eigenvalue weighted by Gasteiger charge is 2.21. The van der Waals surface area contributed by atoms with Crippen LogP contribution < -0.4 is 5.32 Å². The van der Waals surface area contributed by atoms with Gasteiger partial charge >= 0.3 is 0 Å². The first kappa shape index (κ1) is 9.72. The summed E-state index contributed by atoms with van der Waals surface area (Å²) in [7, 11) is 0. The van der Waals surface area contributed by atoms with Gasteiger partial charge in [-0.15, -0.1) is 0 Å². The highest BCUT2D eigenvalue weighted by Crippen LogP contribution is 2.29. The first-order chi connectivity index (χ1) is 6.68. The Bertz CT molecular complexity index is 328. The second-order valence-corrected chi connectivity index (χ2v) is 4.63. The number of benzene rings is 1. The molecule has 0 amide bonds. The highest BCUT2D eigenvalue weighted by atomic mass is 14.9. The number of hydrogen-bond donors (Lipinski definition) is 1. The van der Waals surface area contributed by atoms with Crippen molar-refractivity contribution < 1.29 is 0 Å². The van der Waals surface area contributed by atoms with Gasteiger partial charge in [0.1, 0.15) is 0 Å². The minimum atomic E-state index is 0.554. The Labute approximate surface area is 86.5 Å². The molecule has 1 atom stereocenters. The molecular formula is C13H19N. The summed E-state index contributed by atoms with van der Waals surface area (Å²) in [5.41, 5.74) is 4.43. The molecule has 0 spiro atoms. The lowest BCUT2D eigenvalue weighted by molar-refractivity contribution is 0.395. The van der Waals surface area contributed by atoms with Gasteiger partial charge in [-0.05, 0) is 36.9 Å². The van der Waals surface area contributed by atoms with Crippen molar-refractivity contribution >= 4 is 0 Å². The van der Waals surface area contributed by atoms with Crippen LogP contribution in [0.3, 0.4) is 0 Å². The van der Waals surface area contributed by atoms with E-state index in [0.717, 1.165) is 6.54 Å². The van der Waals surface area contributed by atoms with Crippen molar-refractivity contribution in [2.75, 3.05) is 6.54 Å². The molecule has 0 radical (unpaired) electrons. The molecular weight excluding hydrogens is 170 g/mol. The molecule has 0 saturated heterocycles. The summed E-state index contributed by atoms with van der Waals surface area (Å²) in [6.45, 7) is 7.87. The molecule has 14 heavy (non-hydrogen) atoms. The summed E-state index contributed by atoms with van der Waals surface area (Å²) in [4.78, 5) is 0. The number of nitrogens with one attached hydrogen (secondary N) is 1. The fraction of sp³-hybridized carbons (Fsp3) is 0.538. The first-order valence-corrected chi connectivity index (χ1v) is 5.51. The Balaban J connectivity index is 2.41. The SMILES string of the molecule is Cc1ccc2c(c1)C(C(C)C)NCC2. The molecule has 1 heteroatoms. The number of hydrogen-bond acceptors (Lipinski definition) is 1. The maximum absolute atomic E-state index is 3.60. The fourth-order valence-corrected chi connectivity index (χ4v) is 2.30. The predicted molar refractivity (Wildman–Crippen MR) is 60.5 cm³/mol. The molecule has 0 aromatic heterocycles. The van der Waals surface area contributed by atoms with Crippen LogP contribution in [0.5, 0.6) is 0 Å². The number of rotatable bonds is 1. The maximum Gasteiger partial charge on any atom is 0.0346 e. The first-order valence-electron chi connectivity index (χ1n) is 5.51. The van der Waals surface area contributed by atoms with Crippen LogP contribution in [0, 0.1) is 12.8 Å². The molecule has 0 aliphatic carbocycles. The standard InChI is InChI=1S/C13H19N/c1-9(2)13-12-8-10(3)4-5-11(12)6-7-14-13/h4-5,8-9,13-14H,6-7H2,1-3H3. The molecule has 1 nitrogen and oxygen atoms in total. The Kier molecular flexibility index (Phi) is 2.60. The van der Waals surface area contributed by atoms with Crippen LogP contribution in [0.25, 0.3) is 0 Å². The molecule has 76 valence electrons. The largest absolute Gasteiger partial charge is 0.309 e. The van der Waals surface area contributed by atoms with Crippen LogP contribution in [0.4, 0.5) is 0 Å². The van der Waals surface area contributed by atoms with Crippen LogP contribution in [0.1, 0.15) is 36.6 Å². The third kappa shape index (κ3) is 1.69. The fourth-order valence-electron chi connectivity index (χ4n) is 2.30. The van der Waals surface area contributed by atoms with Crippen molar-refractivity contribution in [2.45, 2.75) is 33.2 Å². The molecule has 1 N–H and O–H groups in total. The van der Waals surface area contributed by atoms with Gasteiger partial charge in [0.05, 0.1) is 0 Å². The van der Waals surface area contributed by atoms with Crippen LogP contribution in [0.15, 0.2) is 18.2 Å². The molecule has 1 aromatic carbocycles. The van der Waals surface area contributed by atoms with Crippen molar-refractivity contribution in [3.63, 3.8) is 0 Å². The summed E-state index contributed by atoms with van der Waals surface area (Å²) in [6.07, 6.45) is 1.18. The molecule has 1 aromatic rings. The average molecular weight is 189 g/mol. The van der Waals surface area contributed by atoms with Crippen LogP contribution in [-0.2, 0) is 6.42 Å². The zero-order chi connectivity index (χ0) is 10.1. The Morgan fingerprint density at radius 3 is 2.86 bits per heavy atom. The maximum atomic E-state index is 3.60. The monoisotopic (exact) mass is 189 g/mol. The van der Waals surface area contributed by atoms with E-state index in [1.54, 1.807) is 0 Å². The van der Waals surface area contributed by atoms with Gasteiger partial charge in [0, 0.05) is 6.04 Å². The molecule has 2 rings (SSSR count). The van der Waals surface area contributed by atoms with Crippen LogP contribution >= 0.6 is 0 Å². The highest BCUT2D eigenvalue weighted by molar-refractivity contribution is 5.36. The smallest absolute Gasteiger partial charge is 0.0346 e. The topological polar surface area (TPSA) is 12.0 Å². The van der Waals surface area contributed by atoms with Crippen molar-refractivity contribution in [2.24, 2.45) is 5.92 Å². The molecule has 1 aliphatic heterocycles. The van der Waals surface area contributed by atoms with E-state index in [0.29, 0.717) is 12.0 Å². The van der Waals surface area contributed by atoms with Gasteiger partial charge in [-0.2, -0.15) is 0 Å². The van der Waals surface area contributed by atoms with E-state index in [4.69, 9.17) is 0 Å². The van der Waals surface area contributed by atoms with Crippen molar-refractivity contribution in [3.8, 4) is 0 Å². The van der Waals surface area contributed by atoms with Gasteiger partial charge < -0.3 is 5.32 Å². The van der Waals surface area contributed by atoms with Crippen LogP contribution in [-0.4, -0.2) is 6.54 Å². The van der Waals surface area contributed by atoms with Crippen molar-refractivity contribution in [1.82, 2.24) is 5.32 Å². The van der Waals surface area contributed by atoms with E-state index < -0.39 is 0 Å². The Morgan fingerprint density at radius 1 is 1.36 bits per heavy atom. The van der Waals surface area contributed by atoms with Gasteiger partial charge in [-0.1, -0.05) is 37.6 Å². The average Bonchev–Trinajstić information content (AvgIpc) is 2.16. The van der Waals surface area contributed by atoms with Gasteiger partial charge in [0.15, 0.2) is 0 Å². The number of fused-ring (bicyclic) bond motifs is 1. The van der Waals surface area contributed by atoms with Crippen molar-refractivity contribution in [1.29, 1.82) is 0 Å². The third-order valence-electron chi connectivity index (χ3n) is 3.06. The summed E-state index contributed by atoms with van der Waals surface area (Å²) in [5.74, 6) is 0.677. The lowest BCUT2D eigenvalue weighted by atomic mass is 9.87. The summed E-state index contributed by atoms with van der Waals surface area (Å²) < 4.78 is 0. The second-order valence-electron chi connectivity index (χ2n) is 4.63. The van der Waals surface area contributed by atoms with Gasteiger partial charge in [-0.25, -0.2) is 0 Å². The summed E-state index contributed by atoms with van der Waals surface area (Å²) in [6, 6.07) is 7.41. The Morgan fingerprint density at radius 2 is 2.14 bits per heavy atom. The lowest BCUT2D eigenvalue weighted by Gasteiger charge is -2.30. The molecule has 1 unspecified atom stereocenters. The van der Waals surface area contributed by atoms with E-state index >= 15 is 0 Å². The second kappa shape index (κ2) is 3.74. The molecule has 0 bridgehead atoms. The van der Waals surface area contributed by atoms with E-state index in [2.05, 4.69) is 44.3 Å². The third-order valence-corrected chi connectivity index (χ3v) is 3.06. The summed E-state index contributed by atoms with van der Waals surface area (Å²) >= 11 is 0. The molecule has 0 fully saturated rings. The lowest BCUT2D eigenvalue weighted by Crippen LogP contribution is -2.33. The van der Waals surface area contributed by atoms with E-state index in [1.165, 1.54) is 23.1 Å². The van der Waals surface area contributed by atoms with E-state index in [-0.39, 0.29) is 0 Å². The summed E-state index contributed by atoms with van der Waals surface area (Å²) in [5, 5.41) is 3.60. The van der Waals surface area contributed by atoms with Gasteiger partial charge in [0.2, 0.25) is 0 Å². The predicted octanol–water partition coefficient (Wildman–Crippen LogP) is 2.84. The number of aryl methyl sites for hydroxylation is 1. The zero-order valence-corrected chi connectivity index (χ0v) is 9.30. The van der Waals surface area contributed by atoms with Crippen molar-refractivity contribution in [3.05, 3.63) is 34.9 Å². The van der Waals surface area contributed by atoms with Gasteiger partial charge in [0.25, 0.3) is 0 Å².